The zero-order chi connectivity index (χ0) is 17.4. The summed E-state index contributed by atoms with van der Waals surface area (Å²) in [4.78, 5) is 6.87. The summed E-state index contributed by atoms with van der Waals surface area (Å²) in [5.41, 5.74) is 3.26. The van der Waals surface area contributed by atoms with E-state index in [1.165, 1.54) is 10.9 Å². The number of aryl methyl sites for hydroxylation is 1. The lowest BCUT2D eigenvalue weighted by molar-refractivity contribution is 0.331. The molecule has 0 spiro atoms. The zero-order valence-corrected chi connectivity index (χ0v) is 15.5. The quantitative estimate of drug-likeness (QED) is 0.842. The number of sulfonamides is 1. The number of fused-ring (bicyclic) bond motifs is 1. The van der Waals surface area contributed by atoms with Crippen molar-refractivity contribution in [2.24, 2.45) is 0 Å². The third kappa shape index (κ3) is 3.30. The highest BCUT2D eigenvalue weighted by molar-refractivity contribution is 7.89. The molecule has 2 aliphatic heterocycles. The molecule has 4 rings (SSSR count). The Labute approximate surface area is 149 Å². The number of likely N-dealkylation sites (tertiary alicyclic amines) is 1. The van der Waals surface area contributed by atoms with Gasteiger partial charge in [0.05, 0.1) is 10.8 Å². The average Bonchev–Trinajstić information content (AvgIpc) is 3.27. The Kier molecular flexibility index (Phi) is 4.52. The summed E-state index contributed by atoms with van der Waals surface area (Å²) in [7, 11) is -3.13. The molecule has 0 N–H and O–H groups in total. The van der Waals surface area contributed by atoms with Crippen molar-refractivity contribution in [1.82, 2.24) is 14.2 Å². The van der Waals surface area contributed by atoms with E-state index >= 15 is 0 Å². The van der Waals surface area contributed by atoms with Crippen LogP contribution < -0.4 is 0 Å². The Morgan fingerprint density at radius 1 is 1.16 bits per heavy atom. The van der Waals surface area contributed by atoms with E-state index in [1.807, 2.05) is 25.1 Å². The fraction of sp³-hybridized carbons (Fsp3) is 0.526. The predicted molar refractivity (Wildman–Crippen MR) is 99.9 cm³/mol. The minimum Gasteiger partial charge on any atom is -0.298 e. The molecule has 134 valence electrons. The van der Waals surface area contributed by atoms with Gasteiger partial charge in [0.15, 0.2) is 0 Å². The molecule has 2 aliphatic rings. The van der Waals surface area contributed by atoms with E-state index in [2.05, 4.69) is 22.0 Å². The fourth-order valence-corrected chi connectivity index (χ4v) is 6.10. The second kappa shape index (κ2) is 6.67. The summed E-state index contributed by atoms with van der Waals surface area (Å²) in [5.74, 6) is 0. The Balaban J connectivity index is 1.52. The largest absolute Gasteiger partial charge is 0.298 e. The Hall–Kier alpha value is -1.50. The molecular formula is C19H25N3O2S. The van der Waals surface area contributed by atoms with Crippen molar-refractivity contribution in [2.45, 2.75) is 38.0 Å². The third-order valence-electron chi connectivity index (χ3n) is 5.40. The maximum Gasteiger partial charge on any atom is 0.218 e. The molecule has 2 aromatic rings. The summed E-state index contributed by atoms with van der Waals surface area (Å²) in [5, 5.41) is 0.916. The number of benzene rings is 1. The Morgan fingerprint density at radius 3 is 2.72 bits per heavy atom. The third-order valence-corrected chi connectivity index (χ3v) is 7.71. The molecule has 3 heterocycles. The van der Waals surface area contributed by atoms with Crippen LogP contribution >= 0.6 is 0 Å². The van der Waals surface area contributed by atoms with Gasteiger partial charge in [0.25, 0.3) is 0 Å². The standard InChI is InChI=1S/C19H25N3O2S/c1-15-12-16(18-6-2-3-7-19(18)20-15)13-21-11-8-17(14-21)25(23,24)22-9-4-5-10-22/h2-3,6-7,12,17H,4-5,8-11,13-14H2,1H3. The molecule has 0 amide bonds. The monoisotopic (exact) mass is 359 g/mol. The summed E-state index contributed by atoms with van der Waals surface area (Å²) < 4.78 is 27.3. The highest BCUT2D eigenvalue weighted by atomic mass is 32.2. The molecule has 0 radical (unpaired) electrons. The number of aromatic nitrogens is 1. The zero-order valence-electron chi connectivity index (χ0n) is 14.7. The van der Waals surface area contributed by atoms with Gasteiger partial charge in [0.2, 0.25) is 10.0 Å². The Morgan fingerprint density at radius 2 is 1.92 bits per heavy atom. The average molecular weight is 359 g/mol. The molecule has 1 unspecified atom stereocenters. The van der Waals surface area contributed by atoms with Crippen molar-refractivity contribution in [3.05, 3.63) is 41.6 Å². The molecule has 2 saturated heterocycles. The molecule has 6 heteroatoms. The van der Waals surface area contributed by atoms with Gasteiger partial charge in [0, 0.05) is 37.3 Å². The van der Waals surface area contributed by atoms with E-state index < -0.39 is 10.0 Å². The van der Waals surface area contributed by atoms with E-state index in [-0.39, 0.29) is 5.25 Å². The number of para-hydroxylation sites is 1. The van der Waals surface area contributed by atoms with Crippen LogP contribution in [0.5, 0.6) is 0 Å². The lowest BCUT2D eigenvalue weighted by Crippen LogP contribution is -2.38. The van der Waals surface area contributed by atoms with Crippen LogP contribution in [-0.2, 0) is 16.6 Å². The van der Waals surface area contributed by atoms with Crippen LogP contribution in [0.15, 0.2) is 30.3 Å². The summed E-state index contributed by atoms with van der Waals surface area (Å²) in [6.07, 6.45) is 2.73. The first-order chi connectivity index (χ1) is 12.0. The van der Waals surface area contributed by atoms with Crippen molar-refractivity contribution in [3.8, 4) is 0 Å². The van der Waals surface area contributed by atoms with E-state index in [1.54, 1.807) is 4.31 Å². The van der Waals surface area contributed by atoms with Crippen LogP contribution in [0.3, 0.4) is 0 Å². The molecule has 1 aromatic carbocycles. The molecule has 1 aromatic heterocycles. The highest BCUT2D eigenvalue weighted by Gasteiger charge is 2.38. The number of nitrogens with zero attached hydrogens (tertiary/aromatic N) is 3. The number of hydrogen-bond acceptors (Lipinski definition) is 4. The van der Waals surface area contributed by atoms with Crippen molar-refractivity contribution >= 4 is 20.9 Å². The normalized spacial score (nSPS) is 22.8. The number of rotatable bonds is 4. The molecular weight excluding hydrogens is 334 g/mol. The molecule has 5 nitrogen and oxygen atoms in total. The van der Waals surface area contributed by atoms with Crippen LogP contribution in [0.2, 0.25) is 0 Å². The summed E-state index contributed by atoms with van der Waals surface area (Å²) >= 11 is 0. The topological polar surface area (TPSA) is 53.5 Å². The van der Waals surface area contributed by atoms with E-state index in [4.69, 9.17) is 0 Å². The fourth-order valence-electron chi connectivity index (χ4n) is 4.10. The number of hydrogen-bond donors (Lipinski definition) is 0. The summed E-state index contributed by atoms with van der Waals surface area (Å²) in [6.45, 7) is 5.68. The van der Waals surface area contributed by atoms with Gasteiger partial charge in [-0.25, -0.2) is 12.7 Å². The second-order valence-electron chi connectivity index (χ2n) is 7.24. The lowest BCUT2D eigenvalue weighted by atomic mass is 10.1. The van der Waals surface area contributed by atoms with Crippen molar-refractivity contribution in [1.29, 1.82) is 0 Å². The molecule has 0 bridgehead atoms. The summed E-state index contributed by atoms with van der Waals surface area (Å²) in [6, 6.07) is 10.3. The smallest absolute Gasteiger partial charge is 0.218 e. The van der Waals surface area contributed by atoms with Gasteiger partial charge in [-0.3, -0.25) is 9.88 Å². The van der Waals surface area contributed by atoms with Crippen molar-refractivity contribution in [2.75, 3.05) is 26.2 Å². The minimum atomic E-state index is -3.13. The first-order valence-corrected chi connectivity index (χ1v) is 10.6. The van der Waals surface area contributed by atoms with E-state index in [0.717, 1.165) is 43.6 Å². The molecule has 0 aliphatic carbocycles. The maximum absolute atomic E-state index is 12.8. The SMILES string of the molecule is Cc1cc(CN2CCC(S(=O)(=O)N3CCCC3)C2)c2ccccc2n1. The predicted octanol–water partition coefficient (Wildman–Crippen LogP) is 2.54. The maximum atomic E-state index is 12.8. The van der Waals surface area contributed by atoms with Crippen LogP contribution in [0, 0.1) is 6.92 Å². The second-order valence-corrected chi connectivity index (χ2v) is 9.45. The molecule has 25 heavy (non-hydrogen) atoms. The van der Waals surface area contributed by atoms with Crippen LogP contribution in [0.4, 0.5) is 0 Å². The van der Waals surface area contributed by atoms with Crippen LogP contribution in [-0.4, -0.2) is 54.0 Å². The lowest BCUT2D eigenvalue weighted by Gasteiger charge is -2.21. The van der Waals surface area contributed by atoms with Crippen molar-refractivity contribution < 1.29 is 8.42 Å². The van der Waals surface area contributed by atoms with E-state index in [9.17, 15) is 8.42 Å². The molecule has 1 atom stereocenters. The highest BCUT2D eigenvalue weighted by Crippen LogP contribution is 2.26. The van der Waals surface area contributed by atoms with Gasteiger partial charge in [-0.15, -0.1) is 0 Å². The van der Waals surface area contributed by atoms with Gasteiger partial charge < -0.3 is 0 Å². The van der Waals surface area contributed by atoms with Gasteiger partial charge in [-0.05, 0) is 50.4 Å². The van der Waals surface area contributed by atoms with E-state index in [0.29, 0.717) is 19.6 Å². The number of pyridine rings is 1. The van der Waals surface area contributed by atoms with Gasteiger partial charge >= 0.3 is 0 Å². The molecule has 2 fully saturated rings. The molecule has 0 saturated carbocycles. The minimum absolute atomic E-state index is 0.250. The Bertz CT molecular complexity index is 875. The first-order valence-electron chi connectivity index (χ1n) is 9.10. The van der Waals surface area contributed by atoms with Crippen LogP contribution in [0.25, 0.3) is 10.9 Å². The van der Waals surface area contributed by atoms with Gasteiger partial charge in [-0.2, -0.15) is 0 Å². The van der Waals surface area contributed by atoms with Gasteiger partial charge in [-0.1, -0.05) is 18.2 Å². The van der Waals surface area contributed by atoms with Gasteiger partial charge in [0.1, 0.15) is 0 Å². The van der Waals surface area contributed by atoms with Crippen LogP contribution in [0.1, 0.15) is 30.5 Å². The first kappa shape index (κ1) is 16.9. The van der Waals surface area contributed by atoms with Crippen molar-refractivity contribution in [3.63, 3.8) is 0 Å².